The average Bonchev–Trinajstić information content (AvgIpc) is 3.33. The number of amides is 1. The van der Waals surface area contributed by atoms with Crippen molar-refractivity contribution in [3.8, 4) is 10.8 Å². The molecule has 0 radical (unpaired) electrons. The summed E-state index contributed by atoms with van der Waals surface area (Å²) in [4.78, 5) is 12.8. The first-order valence-electron chi connectivity index (χ1n) is 8.75. The van der Waals surface area contributed by atoms with Gasteiger partial charge in [-0.2, -0.15) is 0 Å². The second-order valence-corrected chi connectivity index (χ2v) is 8.92. The van der Waals surface area contributed by atoms with Gasteiger partial charge in [0, 0.05) is 21.7 Å². The van der Waals surface area contributed by atoms with Crippen molar-refractivity contribution >= 4 is 62.3 Å². The second kappa shape index (κ2) is 9.17. The minimum atomic E-state index is -0.0939. The molecule has 1 amide bonds. The zero-order chi connectivity index (χ0) is 20.2. The molecule has 0 saturated heterocycles. The van der Waals surface area contributed by atoms with E-state index in [1.54, 1.807) is 0 Å². The number of carbonyl (C=O) groups is 1. The highest BCUT2D eigenvalue weighted by atomic mass is 35.5. The molecule has 2 heterocycles. The first kappa shape index (κ1) is 20.2. The molecule has 2 aromatic heterocycles. The molecular formula is C20H15Cl2N3O2S2. The van der Waals surface area contributed by atoms with Crippen molar-refractivity contribution in [2.45, 2.75) is 11.6 Å². The van der Waals surface area contributed by atoms with E-state index in [1.165, 1.54) is 23.1 Å². The maximum absolute atomic E-state index is 12.0. The number of rotatable bonds is 7. The van der Waals surface area contributed by atoms with Gasteiger partial charge in [-0.3, -0.25) is 4.79 Å². The maximum Gasteiger partial charge on any atom is 0.277 e. The highest BCUT2D eigenvalue weighted by Gasteiger charge is 2.18. The van der Waals surface area contributed by atoms with Crippen LogP contribution in [0.3, 0.4) is 0 Å². The molecule has 0 atom stereocenters. The lowest BCUT2D eigenvalue weighted by Gasteiger charge is -2.04. The molecule has 9 heteroatoms. The van der Waals surface area contributed by atoms with Crippen LogP contribution < -0.4 is 5.32 Å². The number of fused-ring (bicyclic) bond motifs is 1. The molecule has 0 fully saturated rings. The zero-order valence-corrected chi connectivity index (χ0v) is 18.2. The van der Waals surface area contributed by atoms with Crippen molar-refractivity contribution in [2.24, 2.45) is 0 Å². The van der Waals surface area contributed by atoms with Crippen molar-refractivity contribution < 1.29 is 9.21 Å². The number of thiophene rings is 1. The second-order valence-electron chi connectivity index (χ2n) is 6.13. The van der Waals surface area contributed by atoms with Gasteiger partial charge in [-0.1, -0.05) is 65.3 Å². The minimum absolute atomic E-state index is 0.0939. The smallest absolute Gasteiger partial charge is 0.277 e. The molecule has 5 nitrogen and oxygen atoms in total. The van der Waals surface area contributed by atoms with E-state index in [-0.39, 0.29) is 11.7 Å². The summed E-state index contributed by atoms with van der Waals surface area (Å²) in [6, 6.07) is 15.4. The number of benzene rings is 2. The Kier molecular flexibility index (Phi) is 6.40. The molecule has 0 bridgehead atoms. The van der Waals surface area contributed by atoms with Crippen LogP contribution in [0.5, 0.6) is 0 Å². The van der Waals surface area contributed by atoms with E-state index in [9.17, 15) is 4.79 Å². The topological polar surface area (TPSA) is 68.0 Å². The molecule has 0 spiro atoms. The van der Waals surface area contributed by atoms with Gasteiger partial charge < -0.3 is 9.73 Å². The third kappa shape index (κ3) is 4.93. The van der Waals surface area contributed by atoms with Crippen LogP contribution >= 0.6 is 46.3 Å². The summed E-state index contributed by atoms with van der Waals surface area (Å²) in [7, 11) is 0. The number of hydrogen-bond donors (Lipinski definition) is 1. The minimum Gasteiger partial charge on any atom is -0.410 e. The van der Waals surface area contributed by atoms with Crippen LogP contribution in [-0.2, 0) is 11.2 Å². The summed E-state index contributed by atoms with van der Waals surface area (Å²) in [6.07, 6.45) is 0.739. The van der Waals surface area contributed by atoms with Gasteiger partial charge in [0.2, 0.25) is 5.91 Å². The molecule has 4 aromatic rings. The van der Waals surface area contributed by atoms with E-state index in [2.05, 4.69) is 15.5 Å². The van der Waals surface area contributed by atoms with Crippen molar-refractivity contribution in [1.82, 2.24) is 15.5 Å². The first-order valence-corrected chi connectivity index (χ1v) is 11.3. The van der Waals surface area contributed by atoms with Crippen LogP contribution in [0.1, 0.15) is 5.56 Å². The first-order chi connectivity index (χ1) is 14.1. The van der Waals surface area contributed by atoms with Gasteiger partial charge in [-0.15, -0.1) is 21.5 Å². The van der Waals surface area contributed by atoms with Gasteiger partial charge in [0.25, 0.3) is 11.1 Å². The molecule has 148 valence electrons. The largest absolute Gasteiger partial charge is 0.410 e. The Morgan fingerprint density at radius 2 is 1.90 bits per heavy atom. The average molecular weight is 464 g/mol. The van der Waals surface area contributed by atoms with Crippen LogP contribution in [0.4, 0.5) is 0 Å². The molecule has 29 heavy (non-hydrogen) atoms. The summed E-state index contributed by atoms with van der Waals surface area (Å²) in [6.45, 7) is 0.549. The Labute approximate surface area is 185 Å². The number of carbonyl (C=O) groups excluding carboxylic acids is 1. The molecular weight excluding hydrogens is 449 g/mol. The molecule has 4 rings (SSSR count). The Balaban J connectivity index is 1.30. The number of nitrogens with one attached hydrogen (secondary N) is 1. The molecule has 0 aliphatic rings. The number of thioether (sulfide) groups is 1. The van der Waals surface area contributed by atoms with E-state index in [1.807, 2.05) is 48.5 Å². The number of hydrogen-bond acceptors (Lipinski definition) is 6. The predicted octanol–water partition coefficient (Wildman–Crippen LogP) is 5.71. The Morgan fingerprint density at radius 1 is 1.10 bits per heavy atom. The van der Waals surface area contributed by atoms with Gasteiger partial charge in [0.15, 0.2) is 0 Å². The van der Waals surface area contributed by atoms with Crippen LogP contribution in [0.2, 0.25) is 10.0 Å². The summed E-state index contributed by atoms with van der Waals surface area (Å²) in [5.74, 6) is 0.466. The van der Waals surface area contributed by atoms with Crippen molar-refractivity contribution in [2.75, 3.05) is 12.3 Å². The predicted molar refractivity (Wildman–Crippen MR) is 119 cm³/mol. The van der Waals surface area contributed by atoms with E-state index >= 15 is 0 Å². The monoisotopic (exact) mass is 463 g/mol. The van der Waals surface area contributed by atoms with Gasteiger partial charge >= 0.3 is 0 Å². The molecule has 2 aromatic carbocycles. The fraction of sp³-hybridized carbons (Fsp3) is 0.150. The van der Waals surface area contributed by atoms with Gasteiger partial charge in [-0.05, 0) is 30.2 Å². The van der Waals surface area contributed by atoms with E-state index in [4.69, 9.17) is 27.6 Å². The maximum atomic E-state index is 12.0. The highest BCUT2D eigenvalue weighted by Crippen LogP contribution is 2.41. The number of aromatic nitrogens is 2. The zero-order valence-electron chi connectivity index (χ0n) is 15.0. The van der Waals surface area contributed by atoms with E-state index < -0.39 is 0 Å². The Morgan fingerprint density at radius 3 is 2.69 bits per heavy atom. The quantitative estimate of drug-likeness (QED) is 0.355. The Hall–Kier alpha value is -2.06. The van der Waals surface area contributed by atoms with Gasteiger partial charge in [-0.25, -0.2) is 0 Å². The summed E-state index contributed by atoms with van der Waals surface area (Å²) in [5, 5.41) is 13.6. The molecule has 0 aliphatic heterocycles. The summed E-state index contributed by atoms with van der Waals surface area (Å²) in [5.41, 5.74) is 1.11. The number of nitrogens with zero attached hydrogens (tertiary/aromatic N) is 2. The fourth-order valence-corrected chi connectivity index (χ4v) is 4.84. The van der Waals surface area contributed by atoms with E-state index in [0.717, 1.165) is 26.9 Å². The van der Waals surface area contributed by atoms with Crippen LogP contribution in [-0.4, -0.2) is 28.4 Å². The van der Waals surface area contributed by atoms with Crippen molar-refractivity contribution in [3.05, 3.63) is 64.1 Å². The lowest BCUT2D eigenvalue weighted by Crippen LogP contribution is -2.27. The Bertz CT molecular complexity index is 1140. The summed E-state index contributed by atoms with van der Waals surface area (Å²) >= 11 is 15.0. The lowest BCUT2D eigenvalue weighted by molar-refractivity contribution is -0.118. The molecule has 0 saturated carbocycles. The van der Waals surface area contributed by atoms with Gasteiger partial charge in [0.05, 0.1) is 10.8 Å². The molecule has 0 aliphatic carbocycles. The van der Waals surface area contributed by atoms with Crippen molar-refractivity contribution in [3.63, 3.8) is 0 Å². The standard InChI is InChI=1S/C20H15Cl2N3O2S2/c21-13-7-5-12(6-8-13)9-10-23-16(26)11-28-20-25-24-19(27-20)18-17(22)14-3-1-2-4-15(14)29-18/h1-8H,9-11H2,(H,23,26). The van der Waals surface area contributed by atoms with Crippen molar-refractivity contribution in [1.29, 1.82) is 0 Å². The van der Waals surface area contributed by atoms with E-state index in [0.29, 0.717) is 27.7 Å². The summed E-state index contributed by atoms with van der Waals surface area (Å²) < 4.78 is 6.75. The third-order valence-electron chi connectivity index (χ3n) is 4.11. The molecule has 0 unspecified atom stereocenters. The van der Waals surface area contributed by atoms with Crippen LogP contribution in [0.15, 0.2) is 58.2 Å². The van der Waals surface area contributed by atoms with Gasteiger partial charge in [0.1, 0.15) is 4.88 Å². The molecule has 1 N–H and O–H groups in total. The normalized spacial score (nSPS) is 11.1. The third-order valence-corrected chi connectivity index (χ3v) is 6.85. The lowest BCUT2D eigenvalue weighted by atomic mass is 10.1. The SMILES string of the molecule is O=C(CSc1nnc(-c2sc3ccccc3c2Cl)o1)NCCc1ccc(Cl)cc1. The van der Waals surface area contributed by atoms with Crippen LogP contribution in [0, 0.1) is 0 Å². The number of halogens is 2. The highest BCUT2D eigenvalue weighted by molar-refractivity contribution is 7.99. The fourth-order valence-electron chi connectivity index (χ4n) is 2.69. The van der Waals surface area contributed by atoms with Crippen LogP contribution in [0.25, 0.3) is 20.9 Å².